The fourth-order valence-corrected chi connectivity index (χ4v) is 4.69. The Morgan fingerprint density at radius 1 is 0.905 bits per heavy atom. The van der Waals surface area contributed by atoms with Crippen molar-refractivity contribution in [3.63, 3.8) is 0 Å². The van der Waals surface area contributed by atoms with Crippen LogP contribution in [0.5, 0.6) is 0 Å². The van der Waals surface area contributed by atoms with Gasteiger partial charge in [0.1, 0.15) is 22.5 Å². The molecule has 1 unspecified atom stereocenters. The lowest BCUT2D eigenvalue weighted by molar-refractivity contribution is -0.139. The summed E-state index contributed by atoms with van der Waals surface area (Å²) in [6.07, 6.45) is 0.151. The molecule has 0 heterocycles. The van der Waals surface area contributed by atoms with Gasteiger partial charge >= 0.3 is 5.97 Å². The van der Waals surface area contributed by atoms with Crippen LogP contribution in [0.4, 0.5) is 0 Å². The first-order valence-corrected chi connectivity index (χ1v) is 17.8. The molecule has 0 radical (unpaired) electrons. The summed E-state index contributed by atoms with van der Waals surface area (Å²) >= 11 is 0. The second-order valence-corrected chi connectivity index (χ2v) is 22.5. The molecule has 0 aromatic rings. The van der Waals surface area contributed by atoms with Crippen LogP contribution in [0.3, 0.4) is 0 Å². The molecule has 5 nitrogen and oxygen atoms in total. The van der Waals surface area contributed by atoms with Crippen molar-refractivity contribution < 1.29 is 14.0 Å². The molecule has 0 aromatic carbocycles. The normalized spacial score (nSPS) is 14.5. The Labute approximate surface area is 132 Å². The van der Waals surface area contributed by atoms with Crippen molar-refractivity contribution in [1.82, 2.24) is 9.96 Å². The number of carbonyl (C=O) groups excluding carboxylic acids is 2. The van der Waals surface area contributed by atoms with Crippen molar-refractivity contribution in [2.75, 3.05) is 0 Å². The maximum atomic E-state index is 12.3. The average molecular weight is 349 g/mol. The molecule has 0 saturated heterocycles. The smallest absolute Gasteiger partial charge is 0.309 e. The standard InChI is InChI=1S/C13H32N2O3Si3/c1-19(2,3)14-11(13(17)18-21(7,8)9)10-12(16)15-20(4,5)6/h11,14H,10H2,1-9H3,(H,15,16). The van der Waals surface area contributed by atoms with Gasteiger partial charge in [0.2, 0.25) is 14.2 Å². The van der Waals surface area contributed by atoms with Crippen LogP contribution in [0.25, 0.3) is 0 Å². The largest absolute Gasteiger partial charge is 0.519 e. The summed E-state index contributed by atoms with van der Waals surface area (Å²) in [5.74, 6) is -0.361. The zero-order valence-electron chi connectivity index (χ0n) is 15.0. The summed E-state index contributed by atoms with van der Waals surface area (Å²) in [6, 6.07) is -0.542. The van der Waals surface area contributed by atoms with Gasteiger partial charge in [0.25, 0.3) is 0 Å². The zero-order valence-corrected chi connectivity index (χ0v) is 18.0. The maximum Gasteiger partial charge on any atom is 0.309 e. The Kier molecular flexibility index (Phi) is 7.05. The lowest BCUT2D eigenvalue weighted by atomic mass is 10.2. The Hall–Kier alpha value is -0.449. The first-order chi connectivity index (χ1) is 9.09. The molecular weight excluding hydrogens is 316 g/mol. The molecule has 0 rings (SSSR count). The summed E-state index contributed by atoms with van der Waals surface area (Å²) in [6.45, 7) is 18.4. The van der Waals surface area contributed by atoms with Crippen LogP contribution >= 0.6 is 0 Å². The van der Waals surface area contributed by atoms with Crippen LogP contribution in [0.2, 0.25) is 58.9 Å². The molecule has 0 aliphatic carbocycles. The van der Waals surface area contributed by atoms with Crippen molar-refractivity contribution in [3.05, 3.63) is 0 Å². The van der Waals surface area contributed by atoms with E-state index in [-0.39, 0.29) is 18.3 Å². The Morgan fingerprint density at radius 3 is 1.71 bits per heavy atom. The molecule has 0 spiro atoms. The van der Waals surface area contributed by atoms with E-state index < -0.39 is 30.8 Å². The van der Waals surface area contributed by atoms with Crippen molar-refractivity contribution in [2.24, 2.45) is 0 Å². The van der Waals surface area contributed by atoms with E-state index in [2.05, 4.69) is 49.2 Å². The van der Waals surface area contributed by atoms with E-state index >= 15 is 0 Å². The number of hydrogen-bond acceptors (Lipinski definition) is 4. The zero-order chi connectivity index (χ0) is 17.1. The molecule has 0 aliphatic heterocycles. The van der Waals surface area contributed by atoms with E-state index in [1.807, 2.05) is 19.6 Å². The van der Waals surface area contributed by atoms with E-state index in [4.69, 9.17) is 4.43 Å². The van der Waals surface area contributed by atoms with Gasteiger partial charge in [0.05, 0.1) is 6.42 Å². The number of nitrogens with one attached hydrogen (secondary N) is 2. The summed E-state index contributed by atoms with van der Waals surface area (Å²) in [7, 11) is -5.33. The van der Waals surface area contributed by atoms with Gasteiger partial charge in [-0.15, -0.1) is 0 Å². The highest BCUT2D eigenvalue weighted by atomic mass is 28.4. The highest BCUT2D eigenvalue weighted by Gasteiger charge is 2.32. The van der Waals surface area contributed by atoms with Crippen LogP contribution in [-0.4, -0.2) is 42.7 Å². The first-order valence-electron chi connectivity index (χ1n) is 7.41. The van der Waals surface area contributed by atoms with Gasteiger partial charge in [-0.3, -0.25) is 9.59 Å². The molecule has 124 valence electrons. The Bertz CT molecular complexity index is 382. The molecule has 0 aromatic heterocycles. The van der Waals surface area contributed by atoms with Gasteiger partial charge in [-0.05, 0) is 19.6 Å². The van der Waals surface area contributed by atoms with Gasteiger partial charge < -0.3 is 14.4 Å². The van der Waals surface area contributed by atoms with Gasteiger partial charge in [0, 0.05) is 0 Å². The molecule has 2 N–H and O–H groups in total. The van der Waals surface area contributed by atoms with E-state index in [1.54, 1.807) is 0 Å². The monoisotopic (exact) mass is 348 g/mol. The maximum absolute atomic E-state index is 12.3. The minimum atomic E-state index is -1.95. The number of rotatable bonds is 7. The summed E-state index contributed by atoms with van der Waals surface area (Å²) in [5, 5.41) is 0. The van der Waals surface area contributed by atoms with Crippen molar-refractivity contribution in [3.8, 4) is 0 Å². The lowest BCUT2D eigenvalue weighted by Gasteiger charge is -2.29. The van der Waals surface area contributed by atoms with Crippen LogP contribution < -0.4 is 9.96 Å². The molecule has 0 fully saturated rings. The topological polar surface area (TPSA) is 67.4 Å². The third-order valence-electron chi connectivity index (χ3n) is 2.20. The van der Waals surface area contributed by atoms with Crippen molar-refractivity contribution in [1.29, 1.82) is 0 Å². The SMILES string of the molecule is C[Si](C)(C)NC(=O)CC(N[Si](C)(C)C)C(=O)O[Si](C)(C)C. The van der Waals surface area contributed by atoms with Gasteiger partial charge in [-0.1, -0.05) is 39.3 Å². The molecule has 1 amide bonds. The summed E-state index contributed by atoms with van der Waals surface area (Å²) in [5.41, 5.74) is 0. The highest BCUT2D eigenvalue weighted by Crippen LogP contribution is 2.10. The average Bonchev–Trinajstić information content (AvgIpc) is 2.07. The third-order valence-corrected chi connectivity index (χ3v) is 5.26. The molecule has 0 saturated carbocycles. The van der Waals surface area contributed by atoms with Gasteiger partial charge in [-0.2, -0.15) is 0 Å². The van der Waals surface area contributed by atoms with E-state index in [0.717, 1.165) is 0 Å². The van der Waals surface area contributed by atoms with E-state index in [0.29, 0.717) is 0 Å². The molecule has 8 heteroatoms. The molecule has 1 atom stereocenters. The Balaban J connectivity index is 4.91. The minimum Gasteiger partial charge on any atom is -0.519 e. The van der Waals surface area contributed by atoms with Gasteiger partial charge in [0.15, 0.2) is 0 Å². The lowest BCUT2D eigenvalue weighted by Crippen LogP contribution is -2.56. The van der Waals surface area contributed by atoms with Gasteiger partial charge in [-0.25, -0.2) is 0 Å². The minimum absolute atomic E-state index is 0.0718. The summed E-state index contributed by atoms with van der Waals surface area (Å²) < 4.78 is 5.57. The second kappa shape index (κ2) is 7.21. The van der Waals surface area contributed by atoms with Crippen LogP contribution in [0, 0.1) is 0 Å². The van der Waals surface area contributed by atoms with Crippen molar-refractivity contribution >= 4 is 36.7 Å². The fourth-order valence-electron chi connectivity index (χ4n) is 1.74. The van der Waals surface area contributed by atoms with Crippen LogP contribution in [0.1, 0.15) is 6.42 Å². The van der Waals surface area contributed by atoms with Crippen molar-refractivity contribution in [2.45, 2.75) is 71.4 Å². The second-order valence-electron chi connectivity index (χ2n) is 8.48. The predicted octanol–water partition coefficient (Wildman–Crippen LogP) is 2.50. The number of carbonyl (C=O) groups is 2. The molecule has 0 bridgehead atoms. The molecule has 21 heavy (non-hydrogen) atoms. The summed E-state index contributed by atoms with van der Waals surface area (Å²) in [4.78, 5) is 30.8. The third kappa shape index (κ3) is 11.8. The number of amides is 1. The quantitative estimate of drug-likeness (QED) is 0.694. The first kappa shape index (κ1) is 20.6. The van der Waals surface area contributed by atoms with Crippen LogP contribution in [0.15, 0.2) is 0 Å². The predicted molar refractivity (Wildman–Crippen MR) is 95.8 cm³/mol. The number of hydrogen-bond donors (Lipinski definition) is 2. The highest BCUT2D eigenvalue weighted by molar-refractivity contribution is 6.76. The fraction of sp³-hybridized carbons (Fsp3) is 0.846. The van der Waals surface area contributed by atoms with E-state index in [9.17, 15) is 9.59 Å². The Morgan fingerprint density at radius 2 is 1.38 bits per heavy atom. The van der Waals surface area contributed by atoms with Crippen LogP contribution in [-0.2, 0) is 14.0 Å². The van der Waals surface area contributed by atoms with E-state index in [1.165, 1.54) is 0 Å². The molecule has 0 aliphatic rings. The molecular formula is C13H32N2O3Si3.